The number of nitrogens with one attached hydrogen (secondary N) is 1. The quantitative estimate of drug-likeness (QED) is 0.137. The molecule has 30 heavy (non-hydrogen) atoms. The summed E-state index contributed by atoms with van der Waals surface area (Å²) in [5.41, 5.74) is -4.79. The third-order valence-electron chi connectivity index (χ3n) is 4.57. The van der Waals surface area contributed by atoms with Crippen molar-refractivity contribution in [2.24, 2.45) is 0 Å². The van der Waals surface area contributed by atoms with Crippen LogP contribution in [0.1, 0.15) is 44.9 Å². The van der Waals surface area contributed by atoms with Gasteiger partial charge in [0.25, 0.3) is 5.91 Å². The lowest BCUT2D eigenvalue weighted by Gasteiger charge is -2.22. The molecule has 0 saturated carbocycles. The second-order valence-electron chi connectivity index (χ2n) is 7.09. The molecule has 0 spiro atoms. The summed E-state index contributed by atoms with van der Waals surface area (Å²) in [6, 6.07) is 0. The number of aliphatic hydroxyl groups is 2. The number of carbonyl (C=O) groups is 6. The number of nitrogens with zero attached hydrogens (tertiary/aromatic N) is 1. The SMILES string of the molecule is O=C(O)CC[C@@](O)(CC(=O)NCCCCN1C(=O)C[C@@](O)(CC(=O)O)C1=O)C(=O)O. The van der Waals surface area contributed by atoms with Gasteiger partial charge in [-0.05, 0) is 19.3 Å². The minimum atomic E-state index is -2.52. The number of carboxylic acids is 3. The van der Waals surface area contributed by atoms with Gasteiger partial charge in [-0.25, -0.2) is 4.79 Å². The standard InChI is InChI=1S/C17H24N2O11/c20-10(7-16(29,15(27)28)4-3-12(22)23)18-5-1-2-6-19-11(21)8-17(30,14(19)26)9-13(24)25/h29-30H,1-9H2,(H,18,20)(H,22,23)(H,24,25)(H,27,28)/t16-,17-/m1/s1. The van der Waals surface area contributed by atoms with E-state index in [4.69, 9.17) is 15.3 Å². The molecule has 0 aliphatic carbocycles. The lowest BCUT2D eigenvalue weighted by Crippen LogP contribution is -2.44. The molecule has 3 amide bonds. The predicted octanol–water partition coefficient (Wildman–Crippen LogP) is -2.08. The van der Waals surface area contributed by atoms with E-state index in [1.54, 1.807) is 0 Å². The molecule has 6 N–H and O–H groups in total. The lowest BCUT2D eigenvalue weighted by molar-refractivity contribution is -0.163. The first kappa shape index (κ1) is 25.0. The van der Waals surface area contributed by atoms with Crippen LogP contribution in [-0.4, -0.2) is 90.4 Å². The molecule has 0 aromatic rings. The maximum Gasteiger partial charge on any atom is 0.336 e. The normalized spacial score (nSPS) is 20.7. The van der Waals surface area contributed by atoms with Crippen LogP contribution in [0.2, 0.25) is 0 Å². The van der Waals surface area contributed by atoms with E-state index >= 15 is 0 Å². The average molecular weight is 432 g/mol. The van der Waals surface area contributed by atoms with Crippen LogP contribution in [0.5, 0.6) is 0 Å². The number of imide groups is 1. The van der Waals surface area contributed by atoms with E-state index < -0.39 is 78.9 Å². The third kappa shape index (κ3) is 6.77. The minimum absolute atomic E-state index is 0.0169. The van der Waals surface area contributed by atoms with Gasteiger partial charge in [-0.3, -0.25) is 28.9 Å². The van der Waals surface area contributed by atoms with Crippen molar-refractivity contribution in [1.82, 2.24) is 10.2 Å². The number of likely N-dealkylation sites (tertiary alicyclic amines) is 1. The first-order valence-electron chi connectivity index (χ1n) is 9.04. The topological polar surface area (TPSA) is 219 Å². The van der Waals surface area contributed by atoms with Crippen molar-refractivity contribution in [2.75, 3.05) is 13.1 Å². The molecule has 168 valence electrons. The Labute approximate surface area is 170 Å². The molecular formula is C17H24N2O11. The molecule has 1 aliphatic rings. The molecule has 1 saturated heterocycles. The van der Waals surface area contributed by atoms with Crippen molar-refractivity contribution in [1.29, 1.82) is 0 Å². The number of unbranched alkanes of at least 4 members (excludes halogenated alkanes) is 1. The van der Waals surface area contributed by atoms with Crippen LogP contribution >= 0.6 is 0 Å². The summed E-state index contributed by atoms with van der Waals surface area (Å²) in [5.74, 6) is -7.00. The molecule has 13 heteroatoms. The Morgan fingerprint density at radius 2 is 1.70 bits per heavy atom. The second-order valence-corrected chi connectivity index (χ2v) is 7.09. The number of hydrogen-bond acceptors (Lipinski definition) is 8. The number of carbonyl (C=O) groups excluding carboxylic acids is 3. The van der Waals surface area contributed by atoms with Crippen molar-refractivity contribution in [2.45, 2.75) is 56.1 Å². The summed E-state index contributed by atoms with van der Waals surface area (Å²) in [7, 11) is 0. The Hall–Kier alpha value is -3.06. The summed E-state index contributed by atoms with van der Waals surface area (Å²) in [6.07, 6.45) is -3.19. The fraction of sp³-hybridized carbons (Fsp3) is 0.647. The summed E-state index contributed by atoms with van der Waals surface area (Å²) in [6.45, 7) is -0.0871. The number of amides is 3. The molecule has 0 aromatic heterocycles. The predicted molar refractivity (Wildman–Crippen MR) is 94.9 cm³/mol. The Balaban J connectivity index is 2.43. The van der Waals surface area contributed by atoms with E-state index in [2.05, 4.69) is 5.32 Å². The van der Waals surface area contributed by atoms with E-state index in [1.165, 1.54) is 0 Å². The van der Waals surface area contributed by atoms with Crippen molar-refractivity contribution >= 4 is 35.6 Å². The molecule has 2 atom stereocenters. The number of aliphatic carboxylic acids is 3. The van der Waals surface area contributed by atoms with Gasteiger partial charge in [-0.1, -0.05) is 0 Å². The monoisotopic (exact) mass is 432 g/mol. The van der Waals surface area contributed by atoms with Crippen molar-refractivity contribution in [3.8, 4) is 0 Å². The molecular weight excluding hydrogens is 408 g/mol. The first-order chi connectivity index (χ1) is 13.8. The molecule has 0 radical (unpaired) electrons. The van der Waals surface area contributed by atoms with Gasteiger partial charge >= 0.3 is 17.9 Å². The summed E-state index contributed by atoms with van der Waals surface area (Å²) in [5, 5.41) is 48.7. The van der Waals surface area contributed by atoms with Crippen LogP contribution in [0.15, 0.2) is 0 Å². The Bertz CT molecular complexity index is 737. The average Bonchev–Trinajstić information content (AvgIpc) is 2.81. The highest BCUT2D eigenvalue weighted by atomic mass is 16.4. The van der Waals surface area contributed by atoms with E-state index in [0.29, 0.717) is 0 Å². The van der Waals surface area contributed by atoms with Crippen LogP contribution in [0, 0.1) is 0 Å². The summed E-state index contributed by atoms with van der Waals surface area (Å²) in [4.78, 5) is 68.9. The van der Waals surface area contributed by atoms with Gasteiger partial charge in [0, 0.05) is 19.5 Å². The van der Waals surface area contributed by atoms with Gasteiger partial charge in [0.1, 0.15) is 0 Å². The molecule has 1 fully saturated rings. The second kappa shape index (κ2) is 10.1. The van der Waals surface area contributed by atoms with Gasteiger partial charge in [0.05, 0.1) is 19.3 Å². The Morgan fingerprint density at radius 3 is 2.23 bits per heavy atom. The van der Waals surface area contributed by atoms with E-state index in [0.717, 1.165) is 4.90 Å². The maximum atomic E-state index is 12.1. The molecule has 13 nitrogen and oxygen atoms in total. The van der Waals surface area contributed by atoms with Crippen molar-refractivity contribution < 1.29 is 54.3 Å². The van der Waals surface area contributed by atoms with Crippen LogP contribution < -0.4 is 5.32 Å². The fourth-order valence-corrected chi connectivity index (χ4v) is 2.94. The maximum absolute atomic E-state index is 12.1. The zero-order valence-electron chi connectivity index (χ0n) is 16.0. The van der Waals surface area contributed by atoms with E-state index in [9.17, 15) is 39.0 Å². The molecule has 0 unspecified atom stereocenters. The van der Waals surface area contributed by atoms with Crippen LogP contribution in [0.4, 0.5) is 0 Å². The molecule has 1 aliphatic heterocycles. The van der Waals surface area contributed by atoms with Crippen LogP contribution in [0.3, 0.4) is 0 Å². The number of carboxylic acid groups (broad SMARTS) is 3. The highest BCUT2D eigenvalue weighted by molar-refractivity contribution is 6.08. The third-order valence-corrected chi connectivity index (χ3v) is 4.57. The van der Waals surface area contributed by atoms with E-state index in [1.807, 2.05) is 0 Å². The van der Waals surface area contributed by atoms with Crippen molar-refractivity contribution in [3.05, 3.63) is 0 Å². The van der Waals surface area contributed by atoms with Crippen molar-refractivity contribution in [3.63, 3.8) is 0 Å². The van der Waals surface area contributed by atoms with E-state index in [-0.39, 0.29) is 25.9 Å². The zero-order valence-corrected chi connectivity index (χ0v) is 16.0. The lowest BCUT2D eigenvalue weighted by atomic mass is 9.93. The number of hydrogen-bond donors (Lipinski definition) is 6. The molecule has 0 aromatic carbocycles. The molecule has 1 heterocycles. The molecule has 1 rings (SSSR count). The fourth-order valence-electron chi connectivity index (χ4n) is 2.94. The van der Waals surface area contributed by atoms with Gasteiger partial charge in [-0.15, -0.1) is 0 Å². The first-order valence-corrected chi connectivity index (χ1v) is 9.04. The molecule has 0 bridgehead atoms. The Morgan fingerprint density at radius 1 is 1.07 bits per heavy atom. The van der Waals surface area contributed by atoms with Crippen LogP contribution in [0.25, 0.3) is 0 Å². The van der Waals surface area contributed by atoms with Gasteiger partial charge in [0.15, 0.2) is 11.2 Å². The zero-order chi connectivity index (χ0) is 23.1. The Kier molecular flexibility index (Phi) is 8.42. The minimum Gasteiger partial charge on any atom is -0.481 e. The van der Waals surface area contributed by atoms with Crippen LogP contribution in [-0.2, 0) is 28.8 Å². The van der Waals surface area contributed by atoms with Gasteiger partial charge < -0.3 is 30.8 Å². The highest BCUT2D eigenvalue weighted by Gasteiger charge is 2.51. The number of rotatable bonds is 13. The summed E-state index contributed by atoms with van der Waals surface area (Å²) >= 11 is 0. The largest absolute Gasteiger partial charge is 0.481 e. The highest BCUT2D eigenvalue weighted by Crippen LogP contribution is 2.27. The summed E-state index contributed by atoms with van der Waals surface area (Å²) < 4.78 is 0. The van der Waals surface area contributed by atoms with Gasteiger partial charge in [0.2, 0.25) is 11.8 Å². The van der Waals surface area contributed by atoms with Gasteiger partial charge in [-0.2, -0.15) is 0 Å². The smallest absolute Gasteiger partial charge is 0.336 e.